The first-order valence-corrected chi connectivity index (χ1v) is 11.4. The molecule has 152 valence electrons. The van der Waals surface area contributed by atoms with Crippen LogP contribution in [-0.4, -0.2) is 37.0 Å². The molecule has 5 heteroatoms. The van der Waals surface area contributed by atoms with Crippen molar-refractivity contribution in [1.29, 1.82) is 0 Å². The molecule has 0 spiro atoms. The highest BCUT2D eigenvalue weighted by molar-refractivity contribution is 7.10. The van der Waals surface area contributed by atoms with Crippen LogP contribution in [0.25, 0.3) is 0 Å². The van der Waals surface area contributed by atoms with E-state index in [9.17, 15) is 4.79 Å². The first-order valence-electron chi connectivity index (χ1n) is 10.6. The molecule has 1 fully saturated rings. The smallest absolute Gasteiger partial charge is 0.255 e. The van der Waals surface area contributed by atoms with Gasteiger partial charge < -0.3 is 10.1 Å². The van der Waals surface area contributed by atoms with Gasteiger partial charge in [-0.15, -0.1) is 11.3 Å². The molecule has 4 nitrogen and oxygen atoms in total. The van der Waals surface area contributed by atoms with Crippen molar-refractivity contribution in [2.75, 3.05) is 26.2 Å². The van der Waals surface area contributed by atoms with E-state index >= 15 is 0 Å². The summed E-state index contributed by atoms with van der Waals surface area (Å²) in [6.45, 7) is 5.62. The van der Waals surface area contributed by atoms with Crippen molar-refractivity contribution in [2.24, 2.45) is 0 Å². The number of rotatable bonds is 9. The van der Waals surface area contributed by atoms with Gasteiger partial charge in [-0.1, -0.05) is 44.4 Å². The van der Waals surface area contributed by atoms with Gasteiger partial charge in [-0.2, -0.15) is 0 Å². The molecule has 2 heterocycles. The van der Waals surface area contributed by atoms with E-state index in [2.05, 4.69) is 34.7 Å². The van der Waals surface area contributed by atoms with Crippen molar-refractivity contribution >= 4 is 17.2 Å². The van der Waals surface area contributed by atoms with E-state index in [1.807, 2.05) is 24.3 Å². The lowest BCUT2D eigenvalue weighted by molar-refractivity contribution is 0.0930. The maximum Gasteiger partial charge on any atom is 0.255 e. The summed E-state index contributed by atoms with van der Waals surface area (Å²) < 4.78 is 5.84. The lowest BCUT2D eigenvalue weighted by Crippen LogP contribution is -2.38. The minimum Gasteiger partial charge on any atom is -0.493 e. The summed E-state index contributed by atoms with van der Waals surface area (Å²) in [5, 5.41) is 5.31. The fraction of sp³-hybridized carbons (Fsp3) is 0.522. The third-order valence-electron chi connectivity index (χ3n) is 5.30. The number of carbonyl (C=O) groups excluding carboxylic acids is 1. The Labute approximate surface area is 172 Å². The molecule has 1 N–H and O–H groups in total. The van der Waals surface area contributed by atoms with Crippen molar-refractivity contribution in [3.05, 3.63) is 52.2 Å². The van der Waals surface area contributed by atoms with Crippen LogP contribution in [0.4, 0.5) is 0 Å². The summed E-state index contributed by atoms with van der Waals surface area (Å²) in [6.07, 6.45) is 7.16. The molecule has 2 aromatic rings. The minimum absolute atomic E-state index is 0.0523. The second kappa shape index (κ2) is 11.2. The zero-order valence-electron chi connectivity index (χ0n) is 16.9. The molecule has 0 unspecified atom stereocenters. The molecule has 3 rings (SSSR count). The van der Waals surface area contributed by atoms with Gasteiger partial charge in [0.25, 0.3) is 5.91 Å². The Bertz CT molecular complexity index is 709. The van der Waals surface area contributed by atoms with Gasteiger partial charge in [0, 0.05) is 11.4 Å². The number of unbranched alkanes of at least 4 members (excludes halogenated alkanes) is 1. The van der Waals surface area contributed by atoms with Crippen molar-refractivity contribution in [1.82, 2.24) is 10.2 Å². The van der Waals surface area contributed by atoms with Gasteiger partial charge in [-0.25, -0.2) is 0 Å². The summed E-state index contributed by atoms with van der Waals surface area (Å²) in [5.74, 6) is 0.624. The number of thiophene rings is 1. The van der Waals surface area contributed by atoms with Gasteiger partial charge >= 0.3 is 0 Å². The first kappa shape index (κ1) is 20.9. The summed E-state index contributed by atoms with van der Waals surface area (Å²) in [5.41, 5.74) is 0.624. The molecular formula is C23H32N2O2S. The number of benzene rings is 1. The van der Waals surface area contributed by atoms with E-state index < -0.39 is 0 Å². The number of nitrogens with zero attached hydrogens (tertiary/aromatic N) is 1. The van der Waals surface area contributed by atoms with E-state index in [1.165, 1.54) is 30.6 Å². The van der Waals surface area contributed by atoms with Crippen molar-refractivity contribution in [3.63, 3.8) is 0 Å². The fourth-order valence-corrected chi connectivity index (χ4v) is 4.55. The van der Waals surface area contributed by atoms with Gasteiger partial charge in [0.15, 0.2) is 0 Å². The topological polar surface area (TPSA) is 41.6 Å². The van der Waals surface area contributed by atoms with Crippen LogP contribution >= 0.6 is 11.3 Å². The number of nitrogens with one attached hydrogen (secondary N) is 1. The number of hydrogen-bond donors (Lipinski definition) is 1. The van der Waals surface area contributed by atoms with Crippen LogP contribution in [-0.2, 0) is 0 Å². The van der Waals surface area contributed by atoms with E-state index in [4.69, 9.17) is 4.74 Å². The van der Waals surface area contributed by atoms with Gasteiger partial charge in [-0.05, 0) is 55.9 Å². The molecule has 1 aromatic heterocycles. The number of hydrogen-bond acceptors (Lipinski definition) is 4. The Morgan fingerprint density at radius 2 is 1.93 bits per heavy atom. The Hall–Kier alpha value is -1.85. The van der Waals surface area contributed by atoms with Crippen LogP contribution in [0, 0.1) is 0 Å². The van der Waals surface area contributed by atoms with E-state index in [-0.39, 0.29) is 11.9 Å². The molecule has 0 saturated carbocycles. The summed E-state index contributed by atoms with van der Waals surface area (Å²) >= 11 is 1.78. The summed E-state index contributed by atoms with van der Waals surface area (Å²) in [7, 11) is 0. The standard InChI is InChI=1S/C23H32N2O2S/c1-2-3-16-27-21-12-7-6-11-19(21)23(26)24-18-20(22-13-10-17-28-22)25-14-8-4-5-9-15-25/h6-7,10-13,17,20H,2-5,8-9,14-16,18H2,1H3,(H,24,26)/t20-/m1/s1. The largest absolute Gasteiger partial charge is 0.493 e. The molecule has 1 aliphatic heterocycles. The summed E-state index contributed by atoms with van der Waals surface area (Å²) in [4.78, 5) is 16.8. The second-order valence-electron chi connectivity index (χ2n) is 7.39. The minimum atomic E-state index is -0.0523. The zero-order valence-corrected chi connectivity index (χ0v) is 17.7. The van der Waals surface area contributed by atoms with Gasteiger partial charge in [0.05, 0.1) is 18.2 Å². The third kappa shape index (κ3) is 5.82. The molecule has 0 aliphatic carbocycles. The average Bonchev–Trinajstić information content (AvgIpc) is 3.11. The van der Waals surface area contributed by atoms with Crippen molar-refractivity contribution < 1.29 is 9.53 Å². The summed E-state index contributed by atoms with van der Waals surface area (Å²) in [6, 6.07) is 12.1. The Kier molecular flexibility index (Phi) is 8.37. The predicted octanol–water partition coefficient (Wildman–Crippen LogP) is 5.27. The number of amides is 1. The van der Waals surface area contributed by atoms with Gasteiger partial charge in [0.1, 0.15) is 5.75 Å². The average molecular weight is 401 g/mol. The third-order valence-corrected chi connectivity index (χ3v) is 6.27. The maximum absolute atomic E-state index is 12.9. The van der Waals surface area contributed by atoms with Crippen LogP contribution in [0.1, 0.15) is 66.7 Å². The predicted molar refractivity (Wildman–Crippen MR) is 116 cm³/mol. The Morgan fingerprint density at radius 3 is 2.64 bits per heavy atom. The molecular weight excluding hydrogens is 368 g/mol. The second-order valence-corrected chi connectivity index (χ2v) is 8.37. The lowest BCUT2D eigenvalue weighted by atomic mass is 10.1. The molecule has 1 amide bonds. The monoisotopic (exact) mass is 400 g/mol. The molecule has 1 saturated heterocycles. The fourth-order valence-electron chi connectivity index (χ4n) is 3.69. The molecule has 0 radical (unpaired) electrons. The Morgan fingerprint density at radius 1 is 1.14 bits per heavy atom. The molecule has 1 aromatic carbocycles. The molecule has 1 atom stereocenters. The van der Waals surface area contributed by atoms with Crippen LogP contribution in [0.5, 0.6) is 5.75 Å². The lowest BCUT2D eigenvalue weighted by Gasteiger charge is -2.30. The number of para-hydroxylation sites is 1. The van der Waals surface area contributed by atoms with Crippen LogP contribution < -0.4 is 10.1 Å². The van der Waals surface area contributed by atoms with Gasteiger partial charge in [0.2, 0.25) is 0 Å². The van der Waals surface area contributed by atoms with Gasteiger partial charge in [-0.3, -0.25) is 9.69 Å². The molecule has 28 heavy (non-hydrogen) atoms. The first-order chi connectivity index (χ1) is 13.8. The van der Waals surface area contributed by atoms with Crippen LogP contribution in [0.2, 0.25) is 0 Å². The SMILES string of the molecule is CCCCOc1ccccc1C(=O)NC[C@H](c1cccs1)N1CCCCCC1. The van der Waals surface area contributed by atoms with Crippen LogP contribution in [0.15, 0.2) is 41.8 Å². The van der Waals surface area contributed by atoms with Crippen molar-refractivity contribution in [2.45, 2.75) is 51.5 Å². The Balaban J connectivity index is 1.67. The molecule has 0 bridgehead atoms. The number of likely N-dealkylation sites (tertiary alicyclic amines) is 1. The highest BCUT2D eigenvalue weighted by atomic mass is 32.1. The zero-order chi connectivity index (χ0) is 19.6. The maximum atomic E-state index is 12.9. The number of carbonyl (C=O) groups is 1. The normalized spacial score (nSPS) is 16.3. The van der Waals surface area contributed by atoms with E-state index in [0.717, 1.165) is 25.9 Å². The number of ether oxygens (including phenoxy) is 1. The highest BCUT2D eigenvalue weighted by Crippen LogP contribution is 2.27. The quantitative estimate of drug-likeness (QED) is 0.583. The van der Waals surface area contributed by atoms with E-state index in [1.54, 1.807) is 11.3 Å². The van der Waals surface area contributed by atoms with E-state index in [0.29, 0.717) is 24.5 Å². The van der Waals surface area contributed by atoms with Crippen molar-refractivity contribution in [3.8, 4) is 5.75 Å². The van der Waals surface area contributed by atoms with Crippen LogP contribution in [0.3, 0.4) is 0 Å². The highest BCUT2D eigenvalue weighted by Gasteiger charge is 2.23. The molecule has 1 aliphatic rings.